The highest BCUT2D eigenvalue weighted by molar-refractivity contribution is 5.98. The fraction of sp³-hybridized carbons (Fsp3) is 0.471. The molecule has 50 heavy (non-hydrogen) atoms. The van der Waals surface area contributed by atoms with Gasteiger partial charge < -0.3 is 40.5 Å². The third kappa shape index (κ3) is 11.9. The monoisotopic (exact) mass is 694 g/mol. The highest BCUT2D eigenvalue weighted by Crippen LogP contribution is 2.23. The molecule has 0 radical (unpaired) electrons. The predicted octanol–water partition coefficient (Wildman–Crippen LogP) is 4.34. The van der Waals surface area contributed by atoms with Crippen LogP contribution in [-0.4, -0.2) is 98.1 Å². The molecule has 16 heteroatoms. The standard InChI is InChI=1S/C34H46N8O8/c1-6-7-18-41(32(46)30(22(2)3)38-34(48)50-5)21-28(43)36-23-10-14-25(15-11-23)39-40-26-16-12-24(13-17-26)37-31(45)27-9-8-19-42(27)29(44)20-35-33(47)49-4/h10-17,22,27,30H,6-9,18-21H2,1-5H3,(H,35,47)(H,36,43)(H,37,45)(H,38,48)/t27-,30-/m0/s1. The number of unbranched alkanes of at least 4 members (excludes halogenated alkanes) is 1. The fourth-order valence-electron chi connectivity index (χ4n) is 5.11. The van der Waals surface area contributed by atoms with Crippen molar-refractivity contribution in [3.8, 4) is 0 Å². The normalized spacial score (nSPS) is 14.5. The summed E-state index contributed by atoms with van der Waals surface area (Å²) in [5, 5.41) is 19.0. The average Bonchev–Trinajstić information content (AvgIpc) is 3.61. The molecular weight excluding hydrogens is 648 g/mol. The van der Waals surface area contributed by atoms with Crippen molar-refractivity contribution in [2.24, 2.45) is 16.1 Å². The van der Waals surface area contributed by atoms with Crippen molar-refractivity contribution in [3.63, 3.8) is 0 Å². The van der Waals surface area contributed by atoms with Gasteiger partial charge in [0.05, 0.1) is 32.1 Å². The van der Waals surface area contributed by atoms with Crippen LogP contribution in [0.2, 0.25) is 0 Å². The Kier molecular flexibility index (Phi) is 15.1. The molecule has 4 N–H and O–H groups in total. The van der Waals surface area contributed by atoms with Gasteiger partial charge in [0.2, 0.25) is 23.6 Å². The van der Waals surface area contributed by atoms with Crippen LogP contribution in [0.4, 0.5) is 32.3 Å². The summed E-state index contributed by atoms with van der Waals surface area (Å²) in [6, 6.07) is 11.9. The van der Waals surface area contributed by atoms with Crippen molar-refractivity contribution in [1.29, 1.82) is 0 Å². The van der Waals surface area contributed by atoms with Crippen LogP contribution in [0.1, 0.15) is 46.5 Å². The van der Waals surface area contributed by atoms with E-state index in [9.17, 15) is 28.8 Å². The summed E-state index contributed by atoms with van der Waals surface area (Å²) < 4.78 is 9.14. The molecule has 1 saturated heterocycles. The maximum atomic E-state index is 13.3. The van der Waals surface area contributed by atoms with Gasteiger partial charge >= 0.3 is 12.2 Å². The molecule has 6 amide bonds. The maximum absolute atomic E-state index is 13.3. The highest BCUT2D eigenvalue weighted by Gasteiger charge is 2.34. The maximum Gasteiger partial charge on any atom is 0.407 e. The Morgan fingerprint density at radius 2 is 1.46 bits per heavy atom. The second-order valence-corrected chi connectivity index (χ2v) is 11.9. The van der Waals surface area contributed by atoms with Crippen molar-refractivity contribution in [2.45, 2.75) is 58.5 Å². The molecular formula is C34H46N8O8. The summed E-state index contributed by atoms with van der Waals surface area (Å²) in [5.74, 6) is -1.67. The number of nitrogens with one attached hydrogen (secondary N) is 4. The smallest absolute Gasteiger partial charge is 0.407 e. The van der Waals surface area contributed by atoms with Gasteiger partial charge in [0.25, 0.3) is 0 Å². The number of azo groups is 1. The van der Waals surface area contributed by atoms with E-state index in [1.54, 1.807) is 62.4 Å². The molecule has 270 valence electrons. The Hall–Kier alpha value is -5.54. The van der Waals surface area contributed by atoms with E-state index in [0.29, 0.717) is 55.1 Å². The zero-order chi connectivity index (χ0) is 36.6. The minimum atomic E-state index is -0.837. The summed E-state index contributed by atoms with van der Waals surface area (Å²) in [5.41, 5.74) is 2.09. The van der Waals surface area contributed by atoms with E-state index in [0.717, 1.165) is 6.42 Å². The van der Waals surface area contributed by atoms with Gasteiger partial charge in [0, 0.05) is 24.5 Å². The Morgan fingerprint density at radius 3 is 2.00 bits per heavy atom. The molecule has 1 aliphatic heterocycles. The lowest BCUT2D eigenvalue weighted by molar-refractivity contribution is -0.137. The van der Waals surface area contributed by atoms with Crippen molar-refractivity contribution in [2.75, 3.05) is 51.0 Å². The molecule has 0 saturated carbocycles. The molecule has 16 nitrogen and oxygen atoms in total. The lowest BCUT2D eigenvalue weighted by Crippen LogP contribution is -2.53. The van der Waals surface area contributed by atoms with Crippen LogP contribution >= 0.6 is 0 Å². The minimum absolute atomic E-state index is 0.186. The summed E-state index contributed by atoms with van der Waals surface area (Å²) in [6.45, 7) is 5.92. The van der Waals surface area contributed by atoms with Gasteiger partial charge in [0.15, 0.2) is 0 Å². The largest absolute Gasteiger partial charge is 0.453 e. The van der Waals surface area contributed by atoms with Crippen molar-refractivity contribution in [3.05, 3.63) is 48.5 Å². The number of amides is 6. The van der Waals surface area contributed by atoms with Gasteiger partial charge in [-0.05, 0) is 73.7 Å². The van der Waals surface area contributed by atoms with Crippen molar-refractivity contribution >= 4 is 58.6 Å². The molecule has 1 fully saturated rings. The van der Waals surface area contributed by atoms with Crippen molar-refractivity contribution in [1.82, 2.24) is 20.4 Å². The number of alkyl carbamates (subject to hydrolysis) is 2. The first-order valence-electron chi connectivity index (χ1n) is 16.4. The molecule has 2 atom stereocenters. The number of likely N-dealkylation sites (tertiary alicyclic amines) is 1. The highest BCUT2D eigenvalue weighted by atomic mass is 16.5. The Labute approximate surface area is 291 Å². The molecule has 1 heterocycles. The van der Waals surface area contributed by atoms with E-state index in [4.69, 9.17) is 0 Å². The zero-order valence-electron chi connectivity index (χ0n) is 29.1. The van der Waals surface area contributed by atoms with Gasteiger partial charge in [-0.3, -0.25) is 19.2 Å². The Balaban J connectivity index is 1.54. The zero-order valence-corrected chi connectivity index (χ0v) is 29.1. The van der Waals surface area contributed by atoms with Gasteiger partial charge in [0.1, 0.15) is 18.6 Å². The van der Waals surface area contributed by atoms with E-state index >= 15 is 0 Å². The van der Waals surface area contributed by atoms with Gasteiger partial charge in [-0.25, -0.2) is 9.59 Å². The van der Waals surface area contributed by atoms with E-state index in [-0.39, 0.29) is 42.6 Å². The van der Waals surface area contributed by atoms with E-state index in [1.165, 1.54) is 24.0 Å². The lowest BCUT2D eigenvalue weighted by Gasteiger charge is -2.29. The number of ether oxygens (including phenoxy) is 2. The van der Waals surface area contributed by atoms with Crippen LogP contribution < -0.4 is 21.3 Å². The van der Waals surface area contributed by atoms with Gasteiger partial charge in [-0.2, -0.15) is 10.2 Å². The third-order valence-corrected chi connectivity index (χ3v) is 7.83. The number of carbonyl (C=O) groups is 6. The number of hydrogen-bond donors (Lipinski definition) is 4. The fourth-order valence-corrected chi connectivity index (χ4v) is 5.11. The first-order valence-corrected chi connectivity index (χ1v) is 16.4. The quantitative estimate of drug-likeness (QED) is 0.197. The van der Waals surface area contributed by atoms with Crippen LogP contribution in [0.25, 0.3) is 0 Å². The molecule has 3 rings (SSSR count). The first-order chi connectivity index (χ1) is 23.9. The number of nitrogens with zero attached hydrogens (tertiary/aromatic N) is 4. The van der Waals surface area contributed by atoms with E-state index < -0.39 is 24.3 Å². The number of methoxy groups -OCH3 is 2. The first kappa shape index (κ1) is 38.9. The lowest BCUT2D eigenvalue weighted by atomic mass is 10.0. The topological polar surface area (TPSA) is 200 Å². The summed E-state index contributed by atoms with van der Waals surface area (Å²) >= 11 is 0. The van der Waals surface area contributed by atoms with Crippen LogP contribution in [0.5, 0.6) is 0 Å². The van der Waals surface area contributed by atoms with Gasteiger partial charge in [-0.15, -0.1) is 0 Å². The predicted molar refractivity (Wildman–Crippen MR) is 185 cm³/mol. The second-order valence-electron chi connectivity index (χ2n) is 11.9. The van der Waals surface area contributed by atoms with E-state index in [1.807, 2.05) is 6.92 Å². The van der Waals surface area contributed by atoms with Crippen LogP contribution in [0.15, 0.2) is 58.8 Å². The molecule has 0 bridgehead atoms. The Morgan fingerprint density at radius 1 is 0.880 bits per heavy atom. The number of anilines is 2. The molecule has 2 aromatic carbocycles. The van der Waals surface area contributed by atoms with E-state index in [2.05, 4.69) is 41.0 Å². The van der Waals surface area contributed by atoms with Crippen LogP contribution in [-0.2, 0) is 28.7 Å². The number of hydrogen-bond acceptors (Lipinski definition) is 10. The molecule has 2 aromatic rings. The number of carbonyl (C=O) groups excluding carboxylic acids is 6. The van der Waals surface area contributed by atoms with Crippen LogP contribution in [0, 0.1) is 5.92 Å². The molecule has 0 aliphatic carbocycles. The molecule has 1 aliphatic rings. The summed E-state index contributed by atoms with van der Waals surface area (Å²) in [6.07, 6.45) is 1.26. The molecule has 0 unspecified atom stereocenters. The molecule has 0 spiro atoms. The van der Waals surface area contributed by atoms with Crippen LogP contribution in [0.3, 0.4) is 0 Å². The SMILES string of the molecule is CCCCN(CC(=O)Nc1ccc(N=Nc2ccc(NC(=O)[C@@H]3CCCN3C(=O)CNC(=O)OC)cc2)cc1)C(=O)[C@@H](NC(=O)OC)C(C)C. The molecule has 0 aromatic heterocycles. The number of rotatable bonds is 15. The minimum Gasteiger partial charge on any atom is -0.453 e. The number of benzene rings is 2. The summed E-state index contributed by atoms with van der Waals surface area (Å²) in [7, 11) is 2.43. The van der Waals surface area contributed by atoms with Gasteiger partial charge in [-0.1, -0.05) is 27.2 Å². The van der Waals surface area contributed by atoms with Crippen molar-refractivity contribution < 1.29 is 38.2 Å². The Bertz CT molecular complexity index is 1510. The average molecular weight is 695 g/mol. The summed E-state index contributed by atoms with van der Waals surface area (Å²) in [4.78, 5) is 77.6. The second kappa shape index (κ2) is 19.5. The third-order valence-electron chi connectivity index (χ3n) is 7.83.